The van der Waals surface area contributed by atoms with Crippen LogP contribution in [0, 0.1) is 5.92 Å². The average Bonchev–Trinajstić information content (AvgIpc) is 2.72. The summed E-state index contributed by atoms with van der Waals surface area (Å²) in [6, 6.07) is 15.8. The second-order valence-electron chi connectivity index (χ2n) is 8.17. The first-order chi connectivity index (χ1) is 13.3. The van der Waals surface area contributed by atoms with Crippen LogP contribution in [-0.4, -0.2) is 6.61 Å². The predicted octanol–water partition coefficient (Wildman–Crippen LogP) is 7.61. The van der Waals surface area contributed by atoms with Crippen molar-refractivity contribution < 1.29 is 4.74 Å². The second-order valence-corrected chi connectivity index (χ2v) is 8.17. The number of hydrogen-bond donors (Lipinski definition) is 0. The maximum atomic E-state index is 5.88. The van der Waals surface area contributed by atoms with E-state index in [0.29, 0.717) is 0 Å². The maximum Gasteiger partial charge on any atom is 0.119 e. The third kappa shape index (κ3) is 5.86. The van der Waals surface area contributed by atoms with Gasteiger partial charge in [-0.05, 0) is 66.0 Å². The van der Waals surface area contributed by atoms with Gasteiger partial charge in [0, 0.05) is 0 Å². The summed E-state index contributed by atoms with van der Waals surface area (Å²) in [6.07, 6.45) is 13.0. The summed E-state index contributed by atoms with van der Waals surface area (Å²) in [5.74, 6) is 1.89. The lowest BCUT2D eigenvalue weighted by Crippen LogP contribution is -2.14. The number of fused-ring (bicyclic) bond motifs is 1. The van der Waals surface area contributed by atoms with Gasteiger partial charge >= 0.3 is 0 Å². The highest BCUT2D eigenvalue weighted by Gasteiger charge is 2.18. The zero-order valence-corrected chi connectivity index (χ0v) is 17.3. The quantitative estimate of drug-likeness (QED) is 0.394. The minimum Gasteiger partial charge on any atom is -0.494 e. The fourth-order valence-corrected chi connectivity index (χ4v) is 4.21. The Hall–Kier alpha value is -1.76. The molecule has 0 spiro atoms. The van der Waals surface area contributed by atoms with Gasteiger partial charge in [-0.2, -0.15) is 0 Å². The molecule has 0 bridgehead atoms. The number of ether oxygens (including phenoxy) is 1. The van der Waals surface area contributed by atoms with E-state index in [1.807, 2.05) is 0 Å². The Morgan fingerprint density at radius 3 is 2.37 bits per heavy atom. The first kappa shape index (κ1) is 20.0. The molecule has 1 aliphatic rings. The zero-order chi connectivity index (χ0) is 18.9. The average molecular weight is 365 g/mol. The smallest absolute Gasteiger partial charge is 0.119 e. The number of hydrogen-bond acceptors (Lipinski definition) is 1. The lowest BCUT2D eigenvalue weighted by molar-refractivity contribution is 0.305. The molecular weight excluding hydrogens is 328 g/mol. The summed E-state index contributed by atoms with van der Waals surface area (Å²) in [4.78, 5) is 0. The molecule has 0 saturated carbocycles. The van der Waals surface area contributed by atoms with Gasteiger partial charge in [-0.15, -0.1) is 0 Å². The topological polar surface area (TPSA) is 9.23 Å². The predicted molar refractivity (Wildman–Crippen MR) is 117 cm³/mol. The summed E-state index contributed by atoms with van der Waals surface area (Å²) in [5, 5.41) is 0. The summed E-state index contributed by atoms with van der Waals surface area (Å²) < 4.78 is 5.88. The molecule has 1 aliphatic carbocycles. The van der Waals surface area contributed by atoms with E-state index in [1.54, 1.807) is 11.1 Å². The van der Waals surface area contributed by atoms with Gasteiger partial charge in [-0.1, -0.05) is 82.7 Å². The molecule has 0 aromatic heterocycles. The van der Waals surface area contributed by atoms with Gasteiger partial charge in [0.25, 0.3) is 0 Å². The Kier molecular flexibility index (Phi) is 7.80. The normalized spacial score (nSPS) is 16.1. The molecule has 0 aliphatic heterocycles. The molecule has 146 valence electrons. The van der Waals surface area contributed by atoms with Crippen molar-refractivity contribution in [1.82, 2.24) is 0 Å². The highest BCUT2D eigenvalue weighted by molar-refractivity contribution is 5.65. The molecule has 2 aromatic carbocycles. The van der Waals surface area contributed by atoms with Crippen LogP contribution in [0.25, 0.3) is 11.1 Å². The van der Waals surface area contributed by atoms with Crippen molar-refractivity contribution in [3.8, 4) is 16.9 Å². The van der Waals surface area contributed by atoms with Gasteiger partial charge in [-0.25, -0.2) is 0 Å². The summed E-state index contributed by atoms with van der Waals surface area (Å²) in [6.45, 7) is 5.37. The van der Waals surface area contributed by atoms with Gasteiger partial charge in [0.05, 0.1) is 6.61 Å². The Labute approximate surface area is 166 Å². The first-order valence-corrected chi connectivity index (χ1v) is 11.1. The van der Waals surface area contributed by atoms with E-state index in [2.05, 4.69) is 56.3 Å². The number of unbranched alkanes of at least 4 members (excludes halogenated alkanes) is 4. The Morgan fingerprint density at radius 1 is 0.815 bits per heavy atom. The molecule has 3 rings (SSSR count). The largest absolute Gasteiger partial charge is 0.494 e. The van der Waals surface area contributed by atoms with Crippen LogP contribution in [0.5, 0.6) is 5.75 Å². The minimum absolute atomic E-state index is 0.831. The number of benzene rings is 2. The van der Waals surface area contributed by atoms with Crippen LogP contribution in [0.4, 0.5) is 0 Å². The highest BCUT2D eigenvalue weighted by Crippen LogP contribution is 2.32. The van der Waals surface area contributed by atoms with Crippen molar-refractivity contribution in [1.29, 1.82) is 0 Å². The van der Waals surface area contributed by atoms with Crippen LogP contribution in [0.1, 0.15) is 76.3 Å². The molecule has 0 heterocycles. The van der Waals surface area contributed by atoms with Crippen LogP contribution < -0.4 is 4.74 Å². The van der Waals surface area contributed by atoms with Gasteiger partial charge in [0.1, 0.15) is 5.75 Å². The van der Waals surface area contributed by atoms with Gasteiger partial charge in [0.15, 0.2) is 0 Å². The van der Waals surface area contributed by atoms with Crippen molar-refractivity contribution in [3.05, 3.63) is 53.6 Å². The van der Waals surface area contributed by atoms with Crippen LogP contribution in [0.15, 0.2) is 42.5 Å². The Bertz CT molecular complexity index is 686. The van der Waals surface area contributed by atoms with Crippen LogP contribution in [-0.2, 0) is 12.8 Å². The molecule has 1 nitrogen and oxygen atoms in total. The lowest BCUT2D eigenvalue weighted by Gasteiger charge is -2.25. The molecule has 0 amide bonds. The van der Waals surface area contributed by atoms with E-state index in [1.165, 1.54) is 68.9 Å². The van der Waals surface area contributed by atoms with Gasteiger partial charge < -0.3 is 4.74 Å². The van der Waals surface area contributed by atoms with E-state index >= 15 is 0 Å². The molecule has 0 N–H and O–H groups in total. The second kappa shape index (κ2) is 10.5. The van der Waals surface area contributed by atoms with Crippen molar-refractivity contribution in [2.45, 2.75) is 78.1 Å². The molecule has 0 fully saturated rings. The van der Waals surface area contributed by atoms with E-state index < -0.39 is 0 Å². The van der Waals surface area contributed by atoms with Crippen LogP contribution in [0.3, 0.4) is 0 Å². The maximum absolute atomic E-state index is 5.88. The van der Waals surface area contributed by atoms with Crippen molar-refractivity contribution in [3.63, 3.8) is 0 Å². The molecule has 27 heavy (non-hydrogen) atoms. The SMILES string of the molecule is CCCCCCOc1ccc(-c2ccc3c(c2)CCC(CCCC)C3)cc1. The molecule has 1 atom stereocenters. The van der Waals surface area contributed by atoms with Gasteiger partial charge in [-0.3, -0.25) is 0 Å². The van der Waals surface area contributed by atoms with E-state index in [9.17, 15) is 0 Å². The minimum atomic E-state index is 0.831. The van der Waals surface area contributed by atoms with Crippen molar-refractivity contribution in [2.75, 3.05) is 6.61 Å². The molecule has 1 heteroatoms. The standard InChI is InChI=1S/C26H36O/c1-3-5-7-8-18-27-26-16-14-22(15-17-26)24-13-12-23-19-21(9-6-4-2)10-11-25(23)20-24/h12-17,20-21H,3-11,18-19H2,1-2H3. The fourth-order valence-electron chi connectivity index (χ4n) is 4.21. The molecule has 0 saturated heterocycles. The number of aryl methyl sites for hydroxylation is 1. The van der Waals surface area contributed by atoms with E-state index in [0.717, 1.165) is 24.7 Å². The summed E-state index contributed by atoms with van der Waals surface area (Å²) in [7, 11) is 0. The van der Waals surface area contributed by atoms with Crippen LogP contribution >= 0.6 is 0 Å². The van der Waals surface area contributed by atoms with E-state index in [4.69, 9.17) is 4.74 Å². The molecule has 0 radical (unpaired) electrons. The van der Waals surface area contributed by atoms with E-state index in [-0.39, 0.29) is 0 Å². The number of rotatable bonds is 10. The van der Waals surface area contributed by atoms with Gasteiger partial charge in [0.2, 0.25) is 0 Å². The third-order valence-corrected chi connectivity index (χ3v) is 5.96. The Morgan fingerprint density at radius 2 is 1.59 bits per heavy atom. The lowest BCUT2D eigenvalue weighted by atomic mass is 9.80. The van der Waals surface area contributed by atoms with Crippen LogP contribution in [0.2, 0.25) is 0 Å². The summed E-state index contributed by atoms with van der Waals surface area (Å²) in [5.41, 5.74) is 5.79. The molecule has 1 unspecified atom stereocenters. The zero-order valence-electron chi connectivity index (χ0n) is 17.3. The molecular formula is C26H36O. The third-order valence-electron chi connectivity index (χ3n) is 5.96. The summed E-state index contributed by atoms with van der Waals surface area (Å²) >= 11 is 0. The monoisotopic (exact) mass is 364 g/mol. The van der Waals surface area contributed by atoms with Crippen molar-refractivity contribution >= 4 is 0 Å². The Balaban J connectivity index is 1.57. The van der Waals surface area contributed by atoms with Crippen molar-refractivity contribution in [2.24, 2.45) is 5.92 Å². The first-order valence-electron chi connectivity index (χ1n) is 11.1. The molecule has 2 aromatic rings. The fraction of sp³-hybridized carbons (Fsp3) is 0.538. The highest BCUT2D eigenvalue weighted by atomic mass is 16.5.